The molecule has 2 aromatic rings. The van der Waals surface area contributed by atoms with Crippen molar-refractivity contribution in [3.63, 3.8) is 0 Å². The quantitative estimate of drug-likeness (QED) is 0.473. The summed E-state index contributed by atoms with van der Waals surface area (Å²) in [5.41, 5.74) is -3.01. The zero-order valence-electron chi connectivity index (χ0n) is 20.2. The van der Waals surface area contributed by atoms with Crippen LogP contribution in [-0.4, -0.2) is 59.2 Å². The summed E-state index contributed by atoms with van der Waals surface area (Å²) in [4.78, 5) is 28.4. The van der Waals surface area contributed by atoms with Gasteiger partial charge in [-0.15, -0.1) is 0 Å². The molecule has 1 heterocycles. The number of aryl methyl sites for hydroxylation is 1. The van der Waals surface area contributed by atoms with E-state index in [1.807, 2.05) is 10.6 Å². The van der Waals surface area contributed by atoms with Crippen LogP contribution in [0, 0.1) is 0 Å². The Bertz CT molecular complexity index is 1020. The summed E-state index contributed by atoms with van der Waals surface area (Å²) in [5.74, 6) is -0.475. The highest BCUT2D eigenvalue weighted by molar-refractivity contribution is 5.92. The van der Waals surface area contributed by atoms with Gasteiger partial charge in [0.15, 0.2) is 0 Å². The first-order valence-electron chi connectivity index (χ1n) is 10.9. The molecule has 13 heteroatoms. The van der Waals surface area contributed by atoms with Gasteiger partial charge in [0.25, 0.3) is 0 Å². The number of hydrogen-bond acceptors (Lipinski definition) is 3. The Balaban J connectivity index is 2.27. The van der Waals surface area contributed by atoms with Gasteiger partial charge in [0.1, 0.15) is 6.54 Å². The summed E-state index contributed by atoms with van der Waals surface area (Å²) < 4.78 is 85.8. The summed E-state index contributed by atoms with van der Waals surface area (Å²) in [6.07, 6.45) is -8.33. The van der Waals surface area contributed by atoms with Gasteiger partial charge in [-0.1, -0.05) is 0 Å². The molecule has 0 aliphatic rings. The molecule has 1 aromatic carbocycles. The standard InChI is InChI=1S/C23H28F6N4O3/c1-15(2)33(14-20(34)32(8-9-36-4)13-19-6-5-7-31(19)3)21(35)30-18-11-16(22(24,25)26)10-17(12-18)23(27,28)29/h5-7,10-12,15H,8-9,13-14H2,1-4H3,(H,30,35). The fraction of sp³-hybridized carbons (Fsp3) is 0.478. The first-order chi connectivity index (χ1) is 16.6. The molecule has 0 spiro atoms. The minimum Gasteiger partial charge on any atom is -0.383 e. The van der Waals surface area contributed by atoms with Crippen LogP contribution < -0.4 is 5.32 Å². The molecule has 36 heavy (non-hydrogen) atoms. The van der Waals surface area contributed by atoms with Gasteiger partial charge in [-0.3, -0.25) is 4.79 Å². The van der Waals surface area contributed by atoms with Gasteiger partial charge in [-0.25, -0.2) is 4.79 Å². The number of benzene rings is 1. The van der Waals surface area contributed by atoms with Gasteiger partial charge in [-0.2, -0.15) is 26.3 Å². The maximum atomic E-state index is 13.2. The number of anilines is 1. The molecule has 3 amide bonds. The van der Waals surface area contributed by atoms with Crippen LogP contribution in [0.4, 0.5) is 36.8 Å². The van der Waals surface area contributed by atoms with Crippen molar-refractivity contribution in [3.05, 3.63) is 53.3 Å². The van der Waals surface area contributed by atoms with Crippen LogP contribution in [0.5, 0.6) is 0 Å². The van der Waals surface area contributed by atoms with E-state index in [1.165, 1.54) is 12.0 Å². The molecule has 0 aliphatic heterocycles. The molecular weight excluding hydrogens is 494 g/mol. The lowest BCUT2D eigenvalue weighted by Gasteiger charge is -2.30. The average molecular weight is 522 g/mol. The number of ether oxygens (including phenoxy) is 1. The van der Waals surface area contributed by atoms with Crippen LogP contribution in [0.15, 0.2) is 36.5 Å². The highest BCUT2D eigenvalue weighted by atomic mass is 19.4. The second kappa shape index (κ2) is 11.7. The van der Waals surface area contributed by atoms with Gasteiger partial charge in [-0.05, 0) is 44.2 Å². The lowest BCUT2D eigenvalue weighted by molar-refractivity contribution is -0.143. The molecular formula is C23H28F6N4O3. The maximum absolute atomic E-state index is 13.2. The summed E-state index contributed by atoms with van der Waals surface area (Å²) in [6, 6.07) is 2.79. The van der Waals surface area contributed by atoms with Crippen molar-refractivity contribution in [3.8, 4) is 0 Å². The van der Waals surface area contributed by atoms with Crippen molar-refractivity contribution in [2.45, 2.75) is 38.8 Å². The highest BCUT2D eigenvalue weighted by Crippen LogP contribution is 2.37. The zero-order valence-corrected chi connectivity index (χ0v) is 20.2. The third-order valence-electron chi connectivity index (χ3n) is 5.35. The smallest absolute Gasteiger partial charge is 0.383 e. The molecule has 2 rings (SSSR count). The van der Waals surface area contributed by atoms with Gasteiger partial charge in [0.05, 0.1) is 24.3 Å². The van der Waals surface area contributed by atoms with Crippen molar-refractivity contribution in [1.82, 2.24) is 14.4 Å². The predicted molar refractivity (Wildman–Crippen MR) is 120 cm³/mol. The Morgan fingerprint density at radius 3 is 2.08 bits per heavy atom. The van der Waals surface area contributed by atoms with Crippen molar-refractivity contribution in [2.75, 3.05) is 32.1 Å². The van der Waals surface area contributed by atoms with E-state index in [1.54, 1.807) is 33.2 Å². The third kappa shape index (κ3) is 7.90. The lowest BCUT2D eigenvalue weighted by Crippen LogP contribution is -2.48. The number of aromatic nitrogens is 1. The molecule has 1 N–H and O–H groups in total. The third-order valence-corrected chi connectivity index (χ3v) is 5.35. The fourth-order valence-corrected chi connectivity index (χ4v) is 3.31. The number of urea groups is 1. The number of carbonyl (C=O) groups excluding carboxylic acids is 2. The van der Waals surface area contributed by atoms with E-state index >= 15 is 0 Å². The molecule has 0 saturated heterocycles. The number of hydrogen-bond donors (Lipinski definition) is 1. The lowest BCUT2D eigenvalue weighted by atomic mass is 10.1. The summed E-state index contributed by atoms with van der Waals surface area (Å²) in [7, 11) is 3.26. The number of carbonyl (C=O) groups is 2. The highest BCUT2D eigenvalue weighted by Gasteiger charge is 2.37. The van der Waals surface area contributed by atoms with E-state index in [9.17, 15) is 35.9 Å². The largest absolute Gasteiger partial charge is 0.416 e. The Morgan fingerprint density at radius 1 is 1.06 bits per heavy atom. The van der Waals surface area contributed by atoms with E-state index in [0.29, 0.717) is 12.1 Å². The molecule has 0 saturated carbocycles. The number of nitrogens with one attached hydrogen (secondary N) is 1. The molecule has 7 nitrogen and oxygen atoms in total. The number of rotatable bonds is 9. The van der Waals surface area contributed by atoms with Gasteiger partial charge >= 0.3 is 18.4 Å². The molecule has 0 fully saturated rings. The Labute approximate surface area is 204 Å². The van der Waals surface area contributed by atoms with Crippen LogP contribution in [-0.2, 0) is 35.5 Å². The van der Waals surface area contributed by atoms with E-state index in [4.69, 9.17) is 4.74 Å². The minimum absolute atomic E-state index is 0.0311. The molecule has 0 aliphatic carbocycles. The molecule has 1 aromatic heterocycles. The monoisotopic (exact) mass is 522 g/mol. The maximum Gasteiger partial charge on any atom is 0.416 e. The first kappa shape index (κ1) is 29.0. The second-order valence-electron chi connectivity index (χ2n) is 8.36. The van der Waals surface area contributed by atoms with E-state index in [2.05, 4.69) is 5.32 Å². The van der Waals surface area contributed by atoms with Crippen LogP contribution in [0.3, 0.4) is 0 Å². The number of halogens is 6. The van der Waals surface area contributed by atoms with Crippen LogP contribution in [0.25, 0.3) is 0 Å². The summed E-state index contributed by atoms with van der Waals surface area (Å²) in [6.45, 7) is 3.31. The molecule has 0 bridgehead atoms. The number of alkyl halides is 6. The van der Waals surface area contributed by atoms with Gasteiger partial charge in [0.2, 0.25) is 5.91 Å². The van der Waals surface area contributed by atoms with E-state index in [0.717, 1.165) is 10.6 Å². The fourth-order valence-electron chi connectivity index (χ4n) is 3.31. The van der Waals surface area contributed by atoms with E-state index in [-0.39, 0.29) is 25.8 Å². The van der Waals surface area contributed by atoms with Gasteiger partial charge < -0.3 is 24.4 Å². The Hall–Kier alpha value is -3.22. The van der Waals surface area contributed by atoms with Crippen LogP contribution in [0.1, 0.15) is 30.7 Å². The number of amides is 3. The van der Waals surface area contributed by atoms with E-state index < -0.39 is 53.7 Å². The zero-order chi connectivity index (χ0) is 27.3. The number of methoxy groups -OCH3 is 1. The molecule has 0 radical (unpaired) electrons. The van der Waals surface area contributed by atoms with Crippen molar-refractivity contribution in [1.29, 1.82) is 0 Å². The molecule has 0 atom stereocenters. The van der Waals surface area contributed by atoms with Crippen LogP contribution >= 0.6 is 0 Å². The molecule has 0 unspecified atom stereocenters. The van der Waals surface area contributed by atoms with Crippen molar-refractivity contribution < 1.29 is 40.7 Å². The van der Waals surface area contributed by atoms with Gasteiger partial charge in [0, 0.05) is 44.3 Å². The predicted octanol–water partition coefficient (Wildman–Crippen LogP) is 4.98. The van der Waals surface area contributed by atoms with Crippen molar-refractivity contribution in [2.24, 2.45) is 7.05 Å². The average Bonchev–Trinajstić information content (AvgIpc) is 3.17. The molecule has 200 valence electrons. The SMILES string of the molecule is COCCN(Cc1cccn1C)C(=O)CN(C(=O)Nc1cc(C(F)(F)F)cc(C(F)(F)F)c1)C(C)C. The van der Waals surface area contributed by atoms with Crippen molar-refractivity contribution >= 4 is 17.6 Å². The van der Waals surface area contributed by atoms with Crippen LogP contribution in [0.2, 0.25) is 0 Å². The second-order valence-corrected chi connectivity index (χ2v) is 8.36. The topological polar surface area (TPSA) is 66.8 Å². The Morgan fingerprint density at radius 2 is 1.64 bits per heavy atom. The Kier molecular flexibility index (Phi) is 9.41. The first-order valence-corrected chi connectivity index (χ1v) is 10.9. The normalized spacial score (nSPS) is 12.1. The summed E-state index contributed by atoms with van der Waals surface area (Å²) >= 11 is 0. The number of nitrogens with zero attached hydrogens (tertiary/aromatic N) is 3. The minimum atomic E-state index is -5.06. The summed E-state index contributed by atoms with van der Waals surface area (Å²) in [5, 5.41) is 2.08.